The molecule has 0 amide bonds. The zero-order valence-electron chi connectivity index (χ0n) is 13.5. The predicted octanol–water partition coefficient (Wildman–Crippen LogP) is 3.79. The molecule has 0 saturated heterocycles. The third-order valence-electron chi connectivity index (χ3n) is 4.18. The lowest BCUT2D eigenvalue weighted by Crippen LogP contribution is -2.28. The Morgan fingerprint density at radius 1 is 0.615 bits per heavy atom. The highest BCUT2D eigenvalue weighted by Gasteiger charge is 2.34. The summed E-state index contributed by atoms with van der Waals surface area (Å²) < 4.78 is 0. The summed E-state index contributed by atoms with van der Waals surface area (Å²) in [4.78, 5) is 20.7. The minimum absolute atomic E-state index is 0.0899. The molecule has 0 bridgehead atoms. The summed E-state index contributed by atoms with van der Waals surface area (Å²) in [5, 5.41) is 33.3. The Morgan fingerprint density at radius 2 is 0.962 bits per heavy atom. The lowest BCUT2D eigenvalue weighted by molar-refractivity contribution is -0.385. The highest BCUT2D eigenvalue weighted by molar-refractivity contribution is 5.50. The van der Waals surface area contributed by atoms with E-state index in [2.05, 4.69) is 0 Å². The molecule has 0 aliphatic carbocycles. The SMILES string of the molecule is O=[N+]([O-])c1ccc(C(O)(c2ccccc2)c2ccc([N+](=O)[O-])cc2)cc1. The van der Waals surface area contributed by atoms with E-state index in [0.717, 1.165) is 0 Å². The third kappa shape index (κ3) is 3.03. The number of hydrogen-bond acceptors (Lipinski definition) is 5. The molecule has 0 aliphatic heterocycles. The Labute approximate surface area is 148 Å². The number of hydrogen-bond donors (Lipinski definition) is 1. The molecule has 3 aromatic rings. The van der Waals surface area contributed by atoms with Crippen LogP contribution >= 0.6 is 0 Å². The van der Waals surface area contributed by atoms with Crippen molar-refractivity contribution in [3.8, 4) is 0 Å². The maximum absolute atomic E-state index is 11.5. The zero-order valence-corrected chi connectivity index (χ0v) is 13.5. The van der Waals surface area contributed by atoms with Crippen LogP contribution in [-0.2, 0) is 5.60 Å². The maximum atomic E-state index is 11.5. The van der Waals surface area contributed by atoms with E-state index in [4.69, 9.17) is 0 Å². The van der Waals surface area contributed by atoms with Gasteiger partial charge in [0.2, 0.25) is 0 Å². The van der Waals surface area contributed by atoms with E-state index in [0.29, 0.717) is 16.7 Å². The van der Waals surface area contributed by atoms with Gasteiger partial charge in [-0.3, -0.25) is 20.2 Å². The van der Waals surface area contributed by atoms with Crippen LogP contribution in [0, 0.1) is 20.2 Å². The van der Waals surface area contributed by atoms with Gasteiger partial charge in [0, 0.05) is 24.3 Å². The van der Waals surface area contributed by atoms with Crippen LogP contribution in [-0.4, -0.2) is 15.0 Å². The van der Waals surface area contributed by atoms with E-state index in [9.17, 15) is 25.3 Å². The van der Waals surface area contributed by atoms with Gasteiger partial charge >= 0.3 is 0 Å². The standard InChI is InChI=1S/C19H14N2O5/c22-19(14-4-2-1-3-5-14,15-6-10-17(11-7-15)20(23)24)16-8-12-18(13-9-16)21(25)26/h1-13,22H. The van der Waals surface area contributed by atoms with Gasteiger partial charge < -0.3 is 5.11 Å². The van der Waals surface area contributed by atoms with Gasteiger partial charge in [-0.05, 0) is 41.0 Å². The van der Waals surface area contributed by atoms with Gasteiger partial charge in [-0.25, -0.2) is 0 Å². The number of benzene rings is 3. The Hall–Kier alpha value is -3.58. The third-order valence-corrected chi connectivity index (χ3v) is 4.18. The second-order valence-electron chi connectivity index (χ2n) is 5.68. The van der Waals surface area contributed by atoms with Crippen molar-refractivity contribution in [2.45, 2.75) is 5.60 Å². The fourth-order valence-electron chi connectivity index (χ4n) is 2.83. The molecule has 0 unspecified atom stereocenters. The number of aliphatic hydroxyl groups is 1. The molecule has 7 nitrogen and oxygen atoms in total. The Bertz CT molecular complexity index is 880. The molecule has 130 valence electrons. The first kappa shape index (κ1) is 17.2. The van der Waals surface area contributed by atoms with Crippen molar-refractivity contribution in [3.05, 3.63) is 116 Å². The van der Waals surface area contributed by atoms with Crippen LogP contribution in [0.5, 0.6) is 0 Å². The van der Waals surface area contributed by atoms with Crippen molar-refractivity contribution in [1.29, 1.82) is 0 Å². The first-order valence-electron chi connectivity index (χ1n) is 7.70. The van der Waals surface area contributed by atoms with Crippen molar-refractivity contribution in [2.24, 2.45) is 0 Å². The molecule has 0 fully saturated rings. The van der Waals surface area contributed by atoms with Crippen LogP contribution in [0.2, 0.25) is 0 Å². The van der Waals surface area contributed by atoms with Gasteiger partial charge in [0.1, 0.15) is 5.60 Å². The van der Waals surface area contributed by atoms with E-state index < -0.39 is 15.4 Å². The average Bonchev–Trinajstić information content (AvgIpc) is 2.68. The Morgan fingerprint density at radius 3 is 1.31 bits per heavy atom. The highest BCUT2D eigenvalue weighted by Crippen LogP contribution is 2.37. The summed E-state index contributed by atoms with van der Waals surface area (Å²) in [5.74, 6) is 0. The largest absolute Gasteiger partial charge is 0.376 e. The van der Waals surface area contributed by atoms with Crippen molar-refractivity contribution in [1.82, 2.24) is 0 Å². The number of rotatable bonds is 5. The Balaban J connectivity index is 2.17. The maximum Gasteiger partial charge on any atom is 0.269 e. The molecule has 0 atom stereocenters. The van der Waals surface area contributed by atoms with E-state index in [1.165, 1.54) is 48.5 Å². The molecule has 0 aromatic heterocycles. The Kier molecular flexibility index (Phi) is 4.47. The van der Waals surface area contributed by atoms with E-state index in [1.54, 1.807) is 30.3 Å². The summed E-state index contributed by atoms with van der Waals surface area (Å²) in [6.07, 6.45) is 0. The number of nitro benzene ring substituents is 2. The minimum Gasteiger partial charge on any atom is -0.376 e. The van der Waals surface area contributed by atoms with Gasteiger partial charge in [-0.15, -0.1) is 0 Å². The van der Waals surface area contributed by atoms with Crippen molar-refractivity contribution >= 4 is 11.4 Å². The van der Waals surface area contributed by atoms with Gasteiger partial charge in [0.25, 0.3) is 11.4 Å². The van der Waals surface area contributed by atoms with Crippen LogP contribution < -0.4 is 0 Å². The second-order valence-corrected chi connectivity index (χ2v) is 5.68. The minimum atomic E-state index is -1.61. The number of nitrogens with zero attached hydrogens (tertiary/aromatic N) is 2. The van der Waals surface area contributed by atoms with Gasteiger partial charge in [0.15, 0.2) is 0 Å². The fourth-order valence-corrected chi connectivity index (χ4v) is 2.83. The molecule has 0 saturated carbocycles. The molecular formula is C19H14N2O5. The molecule has 0 radical (unpaired) electrons. The molecule has 1 N–H and O–H groups in total. The molecule has 0 spiro atoms. The summed E-state index contributed by atoms with van der Waals surface area (Å²) in [6.45, 7) is 0. The van der Waals surface area contributed by atoms with Gasteiger partial charge in [-0.2, -0.15) is 0 Å². The predicted molar refractivity (Wildman–Crippen MR) is 94.7 cm³/mol. The molecule has 7 heteroatoms. The number of nitro groups is 2. The van der Waals surface area contributed by atoms with Crippen LogP contribution in [0.1, 0.15) is 16.7 Å². The van der Waals surface area contributed by atoms with E-state index >= 15 is 0 Å². The lowest BCUT2D eigenvalue weighted by atomic mass is 9.80. The average molecular weight is 350 g/mol. The summed E-state index contributed by atoms with van der Waals surface area (Å²) in [6, 6.07) is 19.9. The highest BCUT2D eigenvalue weighted by atomic mass is 16.6. The van der Waals surface area contributed by atoms with Crippen LogP contribution in [0.15, 0.2) is 78.9 Å². The lowest BCUT2D eigenvalue weighted by Gasteiger charge is -2.30. The first-order valence-corrected chi connectivity index (χ1v) is 7.70. The van der Waals surface area contributed by atoms with Crippen LogP contribution in [0.25, 0.3) is 0 Å². The van der Waals surface area contributed by atoms with Gasteiger partial charge in [0.05, 0.1) is 9.85 Å². The molecule has 3 aromatic carbocycles. The first-order chi connectivity index (χ1) is 12.4. The van der Waals surface area contributed by atoms with E-state index in [-0.39, 0.29) is 11.4 Å². The molecular weight excluding hydrogens is 336 g/mol. The van der Waals surface area contributed by atoms with Gasteiger partial charge in [-0.1, -0.05) is 30.3 Å². The monoisotopic (exact) mass is 350 g/mol. The molecule has 3 rings (SSSR count). The van der Waals surface area contributed by atoms with Crippen molar-refractivity contribution in [2.75, 3.05) is 0 Å². The quantitative estimate of drug-likeness (QED) is 0.428. The van der Waals surface area contributed by atoms with Crippen molar-refractivity contribution in [3.63, 3.8) is 0 Å². The second kappa shape index (κ2) is 6.73. The molecule has 26 heavy (non-hydrogen) atoms. The zero-order chi connectivity index (χ0) is 18.7. The topological polar surface area (TPSA) is 107 Å². The summed E-state index contributed by atoms with van der Waals surface area (Å²) >= 11 is 0. The summed E-state index contributed by atoms with van der Waals surface area (Å²) in [7, 11) is 0. The normalized spacial score (nSPS) is 11.1. The van der Waals surface area contributed by atoms with Crippen molar-refractivity contribution < 1.29 is 15.0 Å². The van der Waals surface area contributed by atoms with E-state index in [1.807, 2.05) is 0 Å². The smallest absolute Gasteiger partial charge is 0.269 e. The molecule has 0 heterocycles. The number of non-ortho nitro benzene ring substituents is 2. The van der Waals surface area contributed by atoms with Crippen LogP contribution in [0.3, 0.4) is 0 Å². The fraction of sp³-hybridized carbons (Fsp3) is 0.0526. The summed E-state index contributed by atoms with van der Waals surface area (Å²) in [5.41, 5.74) is -0.402. The van der Waals surface area contributed by atoms with Crippen LogP contribution in [0.4, 0.5) is 11.4 Å². The molecule has 0 aliphatic rings.